The minimum atomic E-state index is -0.903. The lowest BCUT2D eigenvalue weighted by molar-refractivity contribution is 0.125. The Morgan fingerprint density at radius 3 is 2.47 bits per heavy atom. The van der Waals surface area contributed by atoms with E-state index in [2.05, 4.69) is 12.1 Å². The van der Waals surface area contributed by atoms with Crippen molar-refractivity contribution in [3.63, 3.8) is 0 Å². The lowest BCUT2D eigenvalue weighted by Gasteiger charge is -2.30. The molecule has 0 spiro atoms. The summed E-state index contributed by atoms with van der Waals surface area (Å²) in [5.41, 5.74) is 2.88. The SMILES string of the molecule is O=C(O)N1CCC(n2c(=O)n(CCCCc3ccccc3)c3cccc(Cl)c32)CC1. The third kappa shape index (κ3) is 4.10. The topological polar surface area (TPSA) is 67.5 Å². The Morgan fingerprint density at radius 1 is 1.03 bits per heavy atom. The third-order valence-electron chi connectivity index (χ3n) is 5.97. The number of likely N-dealkylation sites (tertiary alicyclic amines) is 1. The number of imidazole rings is 1. The minimum absolute atomic E-state index is 0.0407. The zero-order chi connectivity index (χ0) is 21.1. The molecule has 7 heteroatoms. The van der Waals surface area contributed by atoms with Crippen molar-refractivity contribution in [2.45, 2.75) is 44.7 Å². The third-order valence-corrected chi connectivity index (χ3v) is 6.28. The van der Waals surface area contributed by atoms with Gasteiger partial charge in [-0.25, -0.2) is 9.59 Å². The standard InChI is InChI=1S/C23H26ClN3O3/c24-19-10-6-11-20-21(19)27(18-12-15-25(16-13-18)23(29)30)22(28)26(20)14-5-4-9-17-7-2-1-3-8-17/h1-3,6-8,10-11,18H,4-5,9,12-16H2,(H,29,30). The fraction of sp³-hybridized carbons (Fsp3) is 0.391. The Bertz CT molecular complexity index is 1080. The van der Waals surface area contributed by atoms with Crippen LogP contribution < -0.4 is 5.69 Å². The van der Waals surface area contributed by atoms with Crippen LogP contribution in [0.1, 0.15) is 37.3 Å². The normalized spacial score (nSPS) is 15.0. The summed E-state index contributed by atoms with van der Waals surface area (Å²) in [6.07, 6.45) is 3.22. The molecular weight excluding hydrogens is 402 g/mol. The number of rotatable bonds is 6. The van der Waals surface area contributed by atoms with Crippen LogP contribution in [0.3, 0.4) is 0 Å². The van der Waals surface area contributed by atoms with E-state index in [4.69, 9.17) is 11.6 Å². The smallest absolute Gasteiger partial charge is 0.407 e. The number of piperidine rings is 1. The molecular formula is C23H26ClN3O3. The molecule has 1 aromatic heterocycles. The summed E-state index contributed by atoms with van der Waals surface area (Å²) in [5, 5.41) is 9.77. The van der Waals surface area contributed by atoms with Gasteiger partial charge in [0.1, 0.15) is 0 Å². The van der Waals surface area contributed by atoms with E-state index in [0.717, 1.165) is 30.3 Å². The molecule has 1 fully saturated rings. The fourth-order valence-corrected chi connectivity index (χ4v) is 4.66. The highest BCUT2D eigenvalue weighted by Crippen LogP contribution is 2.30. The van der Waals surface area contributed by atoms with Gasteiger partial charge in [-0.2, -0.15) is 0 Å². The summed E-state index contributed by atoms with van der Waals surface area (Å²) in [5.74, 6) is 0. The van der Waals surface area contributed by atoms with Gasteiger partial charge < -0.3 is 10.0 Å². The second kappa shape index (κ2) is 8.96. The molecule has 1 aliphatic heterocycles. The molecule has 3 aromatic rings. The highest BCUT2D eigenvalue weighted by atomic mass is 35.5. The zero-order valence-electron chi connectivity index (χ0n) is 16.8. The van der Waals surface area contributed by atoms with Crippen LogP contribution in [0.25, 0.3) is 11.0 Å². The van der Waals surface area contributed by atoms with E-state index in [1.54, 1.807) is 4.57 Å². The fourth-order valence-electron chi connectivity index (χ4n) is 4.40. The van der Waals surface area contributed by atoms with Gasteiger partial charge in [0.2, 0.25) is 0 Å². The number of carbonyl (C=O) groups is 1. The van der Waals surface area contributed by atoms with Gasteiger partial charge in [0.05, 0.1) is 16.1 Å². The summed E-state index contributed by atoms with van der Waals surface area (Å²) in [4.78, 5) is 26.0. The predicted octanol–water partition coefficient (Wildman–Crippen LogP) is 4.79. The van der Waals surface area contributed by atoms with Crippen LogP contribution in [-0.4, -0.2) is 38.3 Å². The molecule has 1 N–H and O–H groups in total. The largest absolute Gasteiger partial charge is 0.465 e. The van der Waals surface area contributed by atoms with Crippen molar-refractivity contribution in [2.24, 2.45) is 0 Å². The number of aryl methyl sites for hydroxylation is 2. The monoisotopic (exact) mass is 427 g/mol. The van der Waals surface area contributed by atoms with Crippen LogP contribution in [0.4, 0.5) is 4.79 Å². The number of halogens is 1. The van der Waals surface area contributed by atoms with Gasteiger partial charge in [-0.3, -0.25) is 9.13 Å². The lowest BCUT2D eigenvalue weighted by Crippen LogP contribution is -2.40. The molecule has 2 aromatic carbocycles. The van der Waals surface area contributed by atoms with Gasteiger partial charge >= 0.3 is 11.8 Å². The molecule has 0 unspecified atom stereocenters. The van der Waals surface area contributed by atoms with E-state index in [1.807, 2.05) is 41.0 Å². The highest BCUT2D eigenvalue weighted by molar-refractivity contribution is 6.35. The lowest BCUT2D eigenvalue weighted by atomic mass is 10.0. The molecule has 4 rings (SSSR count). The molecule has 6 nitrogen and oxygen atoms in total. The number of aromatic nitrogens is 2. The number of para-hydroxylation sites is 1. The Hall–Kier alpha value is -2.73. The first-order valence-corrected chi connectivity index (χ1v) is 10.8. The van der Waals surface area contributed by atoms with Gasteiger partial charge in [0, 0.05) is 25.7 Å². The van der Waals surface area contributed by atoms with E-state index in [0.29, 0.717) is 37.5 Å². The maximum atomic E-state index is 13.4. The van der Waals surface area contributed by atoms with Crippen molar-refractivity contribution >= 4 is 28.7 Å². The van der Waals surface area contributed by atoms with Crippen LogP contribution in [-0.2, 0) is 13.0 Å². The van der Waals surface area contributed by atoms with E-state index < -0.39 is 6.09 Å². The number of benzene rings is 2. The quantitative estimate of drug-likeness (QED) is 0.575. The van der Waals surface area contributed by atoms with Crippen LogP contribution in [0.2, 0.25) is 5.02 Å². The maximum Gasteiger partial charge on any atom is 0.407 e. The molecule has 2 heterocycles. The number of fused-ring (bicyclic) bond motifs is 1. The van der Waals surface area contributed by atoms with Crippen LogP contribution >= 0.6 is 11.6 Å². The molecule has 0 atom stereocenters. The number of carboxylic acid groups (broad SMARTS) is 1. The van der Waals surface area contributed by atoms with E-state index in [1.165, 1.54) is 10.5 Å². The number of hydrogen-bond donors (Lipinski definition) is 1. The van der Waals surface area contributed by atoms with Crippen molar-refractivity contribution in [3.05, 3.63) is 69.6 Å². The molecule has 0 saturated carbocycles. The van der Waals surface area contributed by atoms with E-state index in [9.17, 15) is 14.7 Å². The van der Waals surface area contributed by atoms with Gasteiger partial charge in [-0.05, 0) is 49.8 Å². The molecule has 1 aliphatic rings. The summed E-state index contributed by atoms with van der Waals surface area (Å²) in [6, 6.07) is 16.0. The van der Waals surface area contributed by atoms with Crippen molar-refractivity contribution in [2.75, 3.05) is 13.1 Å². The van der Waals surface area contributed by atoms with E-state index >= 15 is 0 Å². The van der Waals surface area contributed by atoms with Crippen LogP contribution in [0.5, 0.6) is 0 Å². The maximum absolute atomic E-state index is 13.4. The first kappa shape index (κ1) is 20.5. The molecule has 0 bridgehead atoms. The summed E-state index contributed by atoms with van der Waals surface area (Å²) in [7, 11) is 0. The number of nitrogens with zero attached hydrogens (tertiary/aromatic N) is 3. The van der Waals surface area contributed by atoms with Crippen molar-refractivity contribution in [1.82, 2.24) is 14.0 Å². The Morgan fingerprint density at radius 2 is 1.77 bits per heavy atom. The van der Waals surface area contributed by atoms with E-state index in [-0.39, 0.29) is 11.7 Å². The van der Waals surface area contributed by atoms with Crippen LogP contribution in [0, 0.1) is 0 Å². The predicted molar refractivity (Wildman–Crippen MR) is 118 cm³/mol. The summed E-state index contributed by atoms with van der Waals surface area (Å²) < 4.78 is 3.63. The second-order valence-electron chi connectivity index (χ2n) is 7.86. The minimum Gasteiger partial charge on any atom is -0.465 e. The first-order chi connectivity index (χ1) is 14.6. The van der Waals surface area contributed by atoms with Gasteiger partial charge in [-0.15, -0.1) is 0 Å². The molecule has 1 saturated heterocycles. The Labute approximate surface area is 180 Å². The number of amides is 1. The molecule has 0 radical (unpaired) electrons. The van der Waals surface area contributed by atoms with Crippen LogP contribution in [0.15, 0.2) is 53.3 Å². The van der Waals surface area contributed by atoms with Gasteiger partial charge in [0.25, 0.3) is 0 Å². The zero-order valence-corrected chi connectivity index (χ0v) is 17.6. The second-order valence-corrected chi connectivity index (χ2v) is 8.26. The van der Waals surface area contributed by atoms with Crippen molar-refractivity contribution < 1.29 is 9.90 Å². The first-order valence-electron chi connectivity index (χ1n) is 10.5. The van der Waals surface area contributed by atoms with Gasteiger partial charge in [-0.1, -0.05) is 48.0 Å². The molecule has 30 heavy (non-hydrogen) atoms. The summed E-state index contributed by atoms with van der Waals surface area (Å²) in [6.45, 7) is 1.50. The van der Waals surface area contributed by atoms with Gasteiger partial charge in [0.15, 0.2) is 0 Å². The Balaban J connectivity index is 1.55. The number of hydrogen-bond acceptors (Lipinski definition) is 2. The molecule has 1 amide bonds. The number of unbranched alkanes of at least 4 members (excludes halogenated alkanes) is 1. The van der Waals surface area contributed by atoms with Crippen molar-refractivity contribution in [1.29, 1.82) is 0 Å². The van der Waals surface area contributed by atoms with Crippen molar-refractivity contribution in [3.8, 4) is 0 Å². The Kier molecular flexibility index (Phi) is 6.13. The summed E-state index contributed by atoms with van der Waals surface area (Å²) >= 11 is 6.51. The average molecular weight is 428 g/mol. The molecule has 0 aliphatic carbocycles. The average Bonchev–Trinajstić information content (AvgIpc) is 3.04. The highest BCUT2D eigenvalue weighted by Gasteiger charge is 2.27. The molecule has 158 valence electrons.